The maximum atomic E-state index is 12.5. The number of amides is 1. The lowest BCUT2D eigenvalue weighted by Crippen LogP contribution is -2.51. The van der Waals surface area contributed by atoms with E-state index in [1.165, 1.54) is 109 Å². The van der Waals surface area contributed by atoms with Gasteiger partial charge in [0, 0.05) is 52.1 Å². The summed E-state index contributed by atoms with van der Waals surface area (Å²) in [6, 6.07) is 0. The van der Waals surface area contributed by atoms with Crippen molar-refractivity contribution >= 4 is 18.0 Å². The first-order chi connectivity index (χ1) is 28.6. The highest BCUT2D eigenvalue weighted by molar-refractivity contribution is 5.69. The number of carbonyl (C=O) groups is 3. The molecule has 0 spiro atoms. The Morgan fingerprint density at radius 2 is 0.932 bits per heavy atom. The number of unbranched alkanes of at least 4 members (excludes halogenated alkanes) is 18. The summed E-state index contributed by atoms with van der Waals surface area (Å²) >= 11 is 0. The molecule has 1 amide bonds. The van der Waals surface area contributed by atoms with Crippen LogP contribution < -0.4 is 0 Å². The van der Waals surface area contributed by atoms with Gasteiger partial charge < -0.3 is 24.0 Å². The molecule has 348 valence electrons. The number of piperazine rings is 1. The average molecular weight is 836 g/mol. The summed E-state index contributed by atoms with van der Waals surface area (Å²) in [5.74, 6) is 0.724. The van der Waals surface area contributed by atoms with Crippen LogP contribution in [0.15, 0.2) is 0 Å². The number of esters is 2. The third kappa shape index (κ3) is 34.4. The lowest BCUT2D eigenvalue weighted by atomic mass is 9.91. The summed E-state index contributed by atoms with van der Waals surface area (Å²) in [5.41, 5.74) is -0.474. The van der Waals surface area contributed by atoms with Crippen molar-refractivity contribution < 1.29 is 28.6 Å². The van der Waals surface area contributed by atoms with Gasteiger partial charge in [-0.15, -0.1) is 0 Å². The second-order valence-corrected chi connectivity index (χ2v) is 18.7. The zero-order valence-corrected chi connectivity index (χ0v) is 39.9. The van der Waals surface area contributed by atoms with Gasteiger partial charge in [0.2, 0.25) is 0 Å². The van der Waals surface area contributed by atoms with Crippen molar-refractivity contribution in [2.24, 2.45) is 5.92 Å². The van der Waals surface area contributed by atoms with Crippen molar-refractivity contribution in [3.8, 4) is 0 Å². The molecule has 0 aromatic heterocycles. The van der Waals surface area contributed by atoms with Crippen LogP contribution in [0.25, 0.3) is 0 Å². The van der Waals surface area contributed by atoms with Crippen LogP contribution in [0.3, 0.4) is 0 Å². The molecular formula is C50H97N3O6. The lowest BCUT2D eigenvalue weighted by Gasteiger charge is -2.36. The van der Waals surface area contributed by atoms with Gasteiger partial charge in [0.25, 0.3) is 0 Å². The van der Waals surface area contributed by atoms with Crippen LogP contribution in [0, 0.1) is 5.92 Å². The first-order valence-electron chi connectivity index (χ1n) is 25.3. The number of nitrogens with zero attached hydrogens (tertiary/aromatic N) is 3. The maximum Gasteiger partial charge on any atom is 0.410 e. The molecule has 0 atom stereocenters. The van der Waals surface area contributed by atoms with Crippen molar-refractivity contribution in [2.75, 3.05) is 65.6 Å². The molecular weight excluding hydrogens is 739 g/mol. The van der Waals surface area contributed by atoms with Crippen LogP contribution in [-0.4, -0.2) is 104 Å². The van der Waals surface area contributed by atoms with Crippen LogP contribution in [0.4, 0.5) is 4.79 Å². The summed E-state index contributed by atoms with van der Waals surface area (Å²) < 4.78 is 16.8. The molecule has 59 heavy (non-hydrogen) atoms. The quantitative estimate of drug-likeness (QED) is 0.0344. The minimum atomic E-state index is -0.474. The third-order valence-corrected chi connectivity index (χ3v) is 11.9. The van der Waals surface area contributed by atoms with Crippen molar-refractivity contribution in [1.29, 1.82) is 0 Å². The number of carbonyl (C=O) groups excluding carboxylic acids is 3. The Morgan fingerprint density at radius 1 is 0.508 bits per heavy atom. The highest BCUT2D eigenvalue weighted by atomic mass is 16.6. The van der Waals surface area contributed by atoms with Crippen molar-refractivity contribution in [1.82, 2.24) is 14.7 Å². The zero-order valence-electron chi connectivity index (χ0n) is 39.9. The van der Waals surface area contributed by atoms with Gasteiger partial charge in [0.05, 0.1) is 13.2 Å². The van der Waals surface area contributed by atoms with Gasteiger partial charge in [-0.25, -0.2) is 4.79 Å². The summed E-state index contributed by atoms with van der Waals surface area (Å²) in [4.78, 5) is 44.2. The molecule has 1 heterocycles. The molecule has 1 rings (SSSR count). The van der Waals surface area contributed by atoms with Gasteiger partial charge in [-0.1, -0.05) is 149 Å². The summed E-state index contributed by atoms with van der Waals surface area (Å²) in [5, 5.41) is 0. The minimum Gasteiger partial charge on any atom is -0.466 e. The van der Waals surface area contributed by atoms with E-state index in [0.717, 1.165) is 109 Å². The van der Waals surface area contributed by atoms with E-state index in [-0.39, 0.29) is 18.0 Å². The molecule has 0 aromatic carbocycles. The van der Waals surface area contributed by atoms with E-state index < -0.39 is 5.60 Å². The van der Waals surface area contributed by atoms with E-state index >= 15 is 0 Å². The molecule has 1 aliphatic heterocycles. The van der Waals surface area contributed by atoms with Crippen molar-refractivity contribution in [2.45, 2.75) is 233 Å². The largest absolute Gasteiger partial charge is 0.466 e. The van der Waals surface area contributed by atoms with E-state index in [9.17, 15) is 14.4 Å². The van der Waals surface area contributed by atoms with E-state index in [1.807, 2.05) is 25.7 Å². The van der Waals surface area contributed by atoms with Crippen LogP contribution in [0.5, 0.6) is 0 Å². The van der Waals surface area contributed by atoms with Crippen LogP contribution in [-0.2, 0) is 23.8 Å². The van der Waals surface area contributed by atoms with Gasteiger partial charge in [-0.2, -0.15) is 0 Å². The first-order valence-corrected chi connectivity index (χ1v) is 25.3. The summed E-state index contributed by atoms with van der Waals surface area (Å²) in [6.07, 6.45) is 33.4. The van der Waals surface area contributed by atoms with Gasteiger partial charge in [-0.3, -0.25) is 14.5 Å². The fraction of sp³-hybridized carbons (Fsp3) is 0.940. The average Bonchev–Trinajstić information content (AvgIpc) is 3.20. The standard InChI is InChI=1S/C50H97N3O6/c1-7-10-13-14-15-16-17-21-29-44-57-47(54)35-26-22-28-37-51(38-39-52-40-42-53(43-41-52)49(56)59-50(4,5)6)36-27-20-18-19-25-34-48(55)58-45-30-33-46(31-23-11-8-2)32-24-12-9-3/h46H,7-45H2,1-6H3. The Kier molecular flexibility index (Phi) is 35.4. The molecule has 0 unspecified atom stereocenters. The van der Waals surface area contributed by atoms with Crippen molar-refractivity contribution in [3.05, 3.63) is 0 Å². The predicted molar refractivity (Wildman–Crippen MR) is 247 cm³/mol. The molecule has 0 bridgehead atoms. The smallest absolute Gasteiger partial charge is 0.410 e. The zero-order chi connectivity index (χ0) is 43.2. The number of ether oxygens (including phenoxy) is 3. The molecule has 0 radical (unpaired) electrons. The first kappa shape index (κ1) is 55.1. The highest BCUT2D eigenvalue weighted by Crippen LogP contribution is 2.23. The Balaban J connectivity index is 2.34. The minimum absolute atomic E-state index is 0.0244. The number of hydrogen-bond acceptors (Lipinski definition) is 8. The van der Waals surface area contributed by atoms with E-state index in [0.29, 0.717) is 39.1 Å². The topological polar surface area (TPSA) is 88.6 Å². The normalized spacial score (nSPS) is 13.7. The molecule has 9 nitrogen and oxygen atoms in total. The Labute approximate surface area is 365 Å². The van der Waals surface area contributed by atoms with E-state index in [1.54, 1.807) is 0 Å². The fourth-order valence-electron chi connectivity index (χ4n) is 8.12. The van der Waals surface area contributed by atoms with Crippen molar-refractivity contribution in [3.63, 3.8) is 0 Å². The fourth-order valence-corrected chi connectivity index (χ4v) is 8.12. The summed E-state index contributed by atoms with van der Waals surface area (Å²) in [6.45, 7) is 21.0. The SMILES string of the molecule is CCCCCCCCCCCOC(=O)CCCCCN(CCCCCCCC(=O)OCCCC(CCCCC)CCCCC)CCN1CCN(C(=O)OC(C)(C)C)CC1. The molecule has 0 aliphatic carbocycles. The van der Waals surface area contributed by atoms with Gasteiger partial charge >= 0.3 is 18.0 Å². The molecule has 9 heteroatoms. The second-order valence-electron chi connectivity index (χ2n) is 18.7. The van der Waals surface area contributed by atoms with Crippen LogP contribution >= 0.6 is 0 Å². The van der Waals surface area contributed by atoms with Gasteiger partial charge in [0.1, 0.15) is 5.60 Å². The van der Waals surface area contributed by atoms with E-state index in [2.05, 4.69) is 30.6 Å². The highest BCUT2D eigenvalue weighted by Gasteiger charge is 2.26. The monoisotopic (exact) mass is 836 g/mol. The Bertz CT molecular complexity index is 986. The molecule has 0 saturated carbocycles. The van der Waals surface area contributed by atoms with Crippen LogP contribution in [0.1, 0.15) is 228 Å². The number of hydrogen-bond donors (Lipinski definition) is 0. The molecule has 1 fully saturated rings. The number of rotatable bonds is 39. The van der Waals surface area contributed by atoms with Gasteiger partial charge in [0.15, 0.2) is 0 Å². The lowest BCUT2D eigenvalue weighted by molar-refractivity contribution is -0.144. The predicted octanol–water partition coefficient (Wildman–Crippen LogP) is 12.9. The molecule has 0 N–H and O–H groups in total. The Morgan fingerprint density at radius 3 is 1.46 bits per heavy atom. The Hall–Kier alpha value is -1.87. The molecule has 1 saturated heterocycles. The third-order valence-electron chi connectivity index (χ3n) is 11.9. The second kappa shape index (κ2) is 37.9. The van der Waals surface area contributed by atoms with Gasteiger partial charge in [-0.05, 0) is 84.7 Å². The summed E-state index contributed by atoms with van der Waals surface area (Å²) in [7, 11) is 0. The molecule has 1 aliphatic rings. The maximum absolute atomic E-state index is 12.5. The van der Waals surface area contributed by atoms with Crippen LogP contribution in [0.2, 0.25) is 0 Å². The van der Waals surface area contributed by atoms with E-state index in [4.69, 9.17) is 14.2 Å². The molecule has 0 aromatic rings.